The Bertz CT molecular complexity index is 880. The molecule has 2 aromatic heterocycles. The summed E-state index contributed by atoms with van der Waals surface area (Å²) in [6, 6.07) is 11.6. The van der Waals surface area contributed by atoms with Crippen molar-refractivity contribution < 1.29 is 4.74 Å². The highest BCUT2D eigenvalue weighted by Gasteiger charge is 2.13. The van der Waals surface area contributed by atoms with E-state index < -0.39 is 8.07 Å². The van der Waals surface area contributed by atoms with Crippen molar-refractivity contribution in [2.45, 2.75) is 52.2 Å². The van der Waals surface area contributed by atoms with Crippen molar-refractivity contribution in [1.29, 1.82) is 0 Å². The molecule has 26 heavy (non-hydrogen) atoms. The molecule has 4 nitrogen and oxygen atoms in total. The number of benzene rings is 1. The number of nitrogens with zero attached hydrogens (tertiary/aromatic N) is 3. The zero-order valence-corrected chi connectivity index (χ0v) is 17.5. The Morgan fingerprint density at radius 1 is 1.12 bits per heavy atom. The van der Waals surface area contributed by atoms with E-state index in [2.05, 4.69) is 61.2 Å². The van der Waals surface area contributed by atoms with Gasteiger partial charge >= 0.3 is 0 Å². The molecular weight excluding hydrogens is 338 g/mol. The van der Waals surface area contributed by atoms with Crippen molar-refractivity contribution in [2.24, 2.45) is 0 Å². The zero-order valence-electron chi connectivity index (χ0n) is 16.5. The van der Waals surface area contributed by atoms with Gasteiger partial charge in [-0.15, -0.1) is 0 Å². The van der Waals surface area contributed by atoms with Gasteiger partial charge in [-0.25, -0.2) is 9.97 Å². The Labute approximate surface area is 157 Å². The number of ether oxygens (including phenoxy) is 1. The fourth-order valence-corrected chi connectivity index (χ4v) is 3.72. The van der Waals surface area contributed by atoms with Gasteiger partial charge in [0.05, 0.1) is 17.2 Å². The molecule has 138 valence electrons. The third-order valence-electron chi connectivity index (χ3n) is 4.57. The Morgan fingerprint density at radius 3 is 2.62 bits per heavy atom. The highest BCUT2D eigenvalue weighted by molar-refractivity contribution is 6.76. The van der Waals surface area contributed by atoms with Gasteiger partial charge in [-0.05, 0) is 23.6 Å². The van der Waals surface area contributed by atoms with E-state index in [9.17, 15) is 0 Å². The summed E-state index contributed by atoms with van der Waals surface area (Å²) in [5.74, 6) is 1.23. The van der Waals surface area contributed by atoms with Crippen LogP contribution in [0.1, 0.15) is 25.3 Å². The van der Waals surface area contributed by atoms with E-state index in [-0.39, 0.29) is 0 Å². The van der Waals surface area contributed by atoms with Gasteiger partial charge < -0.3 is 9.30 Å². The second kappa shape index (κ2) is 7.72. The lowest BCUT2D eigenvalue weighted by Crippen LogP contribution is -2.21. The molecule has 5 heteroatoms. The topological polar surface area (TPSA) is 39.9 Å². The summed E-state index contributed by atoms with van der Waals surface area (Å²) in [6.45, 7) is 12.9. The lowest BCUT2D eigenvalue weighted by Gasteiger charge is -2.15. The summed E-state index contributed by atoms with van der Waals surface area (Å²) in [5, 5.41) is 0. The average Bonchev–Trinajstić information content (AvgIpc) is 3.00. The van der Waals surface area contributed by atoms with E-state index in [1.807, 2.05) is 24.5 Å². The quantitative estimate of drug-likeness (QED) is 0.407. The van der Waals surface area contributed by atoms with Crippen LogP contribution in [-0.4, -0.2) is 29.2 Å². The van der Waals surface area contributed by atoms with Gasteiger partial charge in [0.1, 0.15) is 6.73 Å². The molecule has 0 fully saturated rings. The summed E-state index contributed by atoms with van der Waals surface area (Å²) in [6.07, 6.45) is 3.95. The van der Waals surface area contributed by atoms with Crippen molar-refractivity contribution in [1.82, 2.24) is 14.5 Å². The molecule has 1 aromatic carbocycles. The highest BCUT2D eigenvalue weighted by Crippen LogP contribution is 2.27. The number of aromatic nitrogens is 3. The first-order valence-corrected chi connectivity index (χ1v) is 13.0. The third kappa shape index (κ3) is 4.40. The molecule has 0 N–H and O–H groups in total. The van der Waals surface area contributed by atoms with Crippen LogP contribution in [0, 0.1) is 0 Å². The summed E-state index contributed by atoms with van der Waals surface area (Å²) >= 11 is 0. The van der Waals surface area contributed by atoms with Crippen molar-refractivity contribution in [3.05, 3.63) is 48.3 Å². The van der Waals surface area contributed by atoms with Gasteiger partial charge in [0, 0.05) is 26.4 Å². The molecule has 2 heterocycles. The van der Waals surface area contributed by atoms with Crippen LogP contribution < -0.4 is 0 Å². The number of hydrogen-bond acceptors (Lipinski definition) is 3. The largest absolute Gasteiger partial charge is 0.361 e. The van der Waals surface area contributed by atoms with Crippen LogP contribution in [0.15, 0.2) is 42.7 Å². The molecule has 0 atom stereocenters. The molecule has 0 radical (unpaired) electrons. The molecule has 0 spiro atoms. The smallest absolute Gasteiger partial charge is 0.160 e. The standard InChI is InChI=1S/C21H29N3OSi/c1-16(2)17-8-6-7-9-18(17)21-22-14-20-19(23-21)10-11-24(20)15-25-12-13-26(3,4)5/h6-11,14,16H,12-13,15H2,1-5H3. The highest BCUT2D eigenvalue weighted by atomic mass is 28.3. The Balaban J connectivity index is 1.79. The van der Waals surface area contributed by atoms with Gasteiger partial charge in [0.2, 0.25) is 0 Å². The molecule has 0 bridgehead atoms. The lowest BCUT2D eigenvalue weighted by atomic mass is 9.97. The molecule has 0 aliphatic heterocycles. The van der Waals surface area contributed by atoms with Gasteiger partial charge in [-0.3, -0.25) is 0 Å². The SMILES string of the molecule is CC(C)c1ccccc1-c1ncc2c(ccn2COCC[Si](C)(C)C)n1. The Kier molecular flexibility index (Phi) is 5.58. The van der Waals surface area contributed by atoms with Crippen LogP contribution in [0.2, 0.25) is 25.7 Å². The monoisotopic (exact) mass is 367 g/mol. The minimum atomic E-state index is -1.05. The van der Waals surface area contributed by atoms with Gasteiger partial charge in [0.25, 0.3) is 0 Å². The van der Waals surface area contributed by atoms with Crippen LogP contribution in [0.4, 0.5) is 0 Å². The van der Waals surface area contributed by atoms with Gasteiger partial charge in [-0.1, -0.05) is 57.8 Å². The number of fused-ring (bicyclic) bond motifs is 1. The van der Waals surface area contributed by atoms with E-state index in [1.54, 1.807) is 0 Å². The Hall–Kier alpha value is -1.98. The van der Waals surface area contributed by atoms with Gasteiger partial charge in [0.15, 0.2) is 5.82 Å². The maximum atomic E-state index is 5.87. The van der Waals surface area contributed by atoms with Crippen molar-refractivity contribution in [2.75, 3.05) is 6.61 Å². The molecule has 0 aliphatic carbocycles. The zero-order chi connectivity index (χ0) is 18.7. The fraction of sp³-hybridized carbons (Fsp3) is 0.429. The minimum absolute atomic E-state index is 0.440. The molecule has 0 saturated heterocycles. The second-order valence-corrected chi connectivity index (χ2v) is 14.0. The van der Waals surface area contributed by atoms with Crippen LogP contribution in [0.25, 0.3) is 22.4 Å². The molecule has 0 amide bonds. The molecule has 0 unspecified atom stereocenters. The molecule has 0 aliphatic rings. The van der Waals surface area contributed by atoms with E-state index in [0.29, 0.717) is 12.6 Å². The van der Waals surface area contributed by atoms with E-state index in [0.717, 1.165) is 29.0 Å². The predicted molar refractivity (Wildman–Crippen MR) is 111 cm³/mol. The first kappa shape index (κ1) is 18.8. The summed E-state index contributed by atoms with van der Waals surface area (Å²) in [7, 11) is -1.05. The minimum Gasteiger partial charge on any atom is -0.361 e. The summed E-state index contributed by atoms with van der Waals surface area (Å²) in [4.78, 5) is 9.44. The average molecular weight is 368 g/mol. The van der Waals surface area contributed by atoms with Gasteiger partial charge in [-0.2, -0.15) is 0 Å². The van der Waals surface area contributed by atoms with Crippen molar-refractivity contribution >= 4 is 19.1 Å². The van der Waals surface area contributed by atoms with Crippen LogP contribution in [-0.2, 0) is 11.5 Å². The molecule has 3 aromatic rings. The maximum Gasteiger partial charge on any atom is 0.160 e. The summed E-state index contributed by atoms with van der Waals surface area (Å²) in [5.41, 5.74) is 4.37. The van der Waals surface area contributed by atoms with Crippen LogP contribution in [0.5, 0.6) is 0 Å². The third-order valence-corrected chi connectivity index (χ3v) is 6.27. The van der Waals surface area contributed by atoms with Crippen molar-refractivity contribution in [3.63, 3.8) is 0 Å². The van der Waals surface area contributed by atoms with Crippen LogP contribution in [0.3, 0.4) is 0 Å². The van der Waals surface area contributed by atoms with E-state index in [4.69, 9.17) is 9.72 Å². The fourth-order valence-electron chi connectivity index (χ4n) is 2.96. The molecular formula is C21H29N3OSi. The predicted octanol–water partition coefficient (Wildman–Crippen LogP) is 5.53. The number of rotatable bonds is 7. The summed E-state index contributed by atoms with van der Waals surface area (Å²) < 4.78 is 7.95. The maximum absolute atomic E-state index is 5.87. The van der Waals surface area contributed by atoms with E-state index in [1.165, 1.54) is 11.6 Å². The van der Waals surface area contributed by atoms with Crippen molar-refractivity contribution in [3.8, 4) is 11.4 Å². The normalized spacial score (nSPS) is 12.2. The number of hydrogen-bond donors (Lipinski definition) is 0. The van der Waals surface area contributed by atoms with Crippen LogP contribution >= 0.6 is 0 Å². The van der Waals surface area contributed by atoms with E-state index >= 15 is 0 Å². The first-order chi connectivity index (χ1) is 12.3. The lowest BCUT2D eigenvalue weighted by molar-refractivity contribution is 0.0902. The second-order valence-electron chi connectivity index (χ2n) is 8.34. The Morgan fingerprint density at radius 2 is 1.88 bits per heavy atom. The first-order valence-electron chi connectivity index (χ1n) is 9.34. The molecule has 3 rings (SSSR count). The molecule has 0 saturated carbocycles.